The van der Waals surface area contributed by atoms with Crippen LogP contribution < -0.4 is 14.8 Å². The zero-order chi connectivity index (χ0) is 18.9. The number of aryl methyl sites for hydroxylation is 1. The molecule has 136 valence electrons. The molecule has 1 N–H and O–H groups in total. The van der Waals surface area contributed by atoms with Crippen molar-refractivity contribution in [3.63, 3.8) is 0 Å². The first-order valence-corrected chi connectivity index (χ1v) is 9.38. The molecule has 0 aliphatic carbocycles. The third kappa shape index (κ3) is 4.70. The second kappa shape index (κ2) is 7.30. The number of thiazole rings is 1. The minimum Gasteiger partial charge on any atom is -0.313 e. The average molecular weight is 382 g/mol. The topological polar surface area (TPSA) is 67.8 Å². The van der Waals surface area contributed by atoms with Crippen LogP contribution in [-0.2, 0) is 11.3 Å². The molecule has 0 bridgehead atoms. The van der Waals surface area contributed by atoms with Gasteiger partial charge in [0.25, 0.3) is 5.56 Å². The van der Waals surface area contributed by atoms with Gasteiger partial charge in [-0.05, 0) is 18.9 Å². The fourth-order valence-corrected chi connectivity index (χ4v) is 3.35. The predicted octanol–water partition coefficient (Wildman–Crippen LogP) is 2.48. The summed E-state index contributed by atoms with van der Waals surface area (Å²) < 4.78 is 2.80. The first kappa shape index (κ1) is 19.7. The van der Waals surface area contributed by atoms with Crippen LogP contribution in [-0.4, -0.2) is 20.5 Å². The van der Waals surface area contributed by atoms with Crippen LogP contribution in [0.2, 0.25) is 5.15 Å². The molecule has 0 fully saturated rings. The molecule has 0 spiro atoms. The molecular weight excluding hydrogens is 358 g/mol. The molecule has 0 aliphatic heterocycles. The standard InChI is InChI=1S/C18H24ClN3O2S/c1-10(2)9-22-16(19)12(11(3)21-22)7-13-17(24)20-15(25-13)8-14(23)18(4,5)6/h7-8,10H,9H2,1-6H3,(H,20,24)/b13-7+,15-8-. The second-order valence-corrected chi connectivity index (χ2v) is 9.00. The maximum atomic E-state index is 12.2. The number of halogens is 1. The van der Waals surface area contributed by atoms with Crippen molar-refractivity contribution in [3.8, 4) is 0 Å². The highest BCUT2D eigenvalue weighted by atomic mass is 35.5. The third-order valence-corrected chi connectivity index (χ3v) is 4.97. The number of Topliss-reactive ketones (excluding diaryl/α,β-unsaturated/α-hetero) is 1. The number of rotatable bonds is 4. The second-order valence-electron chi connectivity index (χ2n) is 7.55. The Morgan fingerprint density at radius 2 is 2.04 bits per heavy atom. The molecular formula is C18H24ClN3O2S. The van der Waals surface area contributed by atoms with Gasteiger partial charge in [0, 0.05) is 23.6 Å². The lowest BCUT2D eigenvalue weighted by atomic mass is 9.91. The normalized spacial score (nSPS) is 13.9. The summed E-state index contributed by atoms with van der Waals surface area (Å²) in [6.45, 7) is 12.3. The molecule has 0 amide bonds. The first-order chi connectivity index (χ1) is 11.5. The molecule has 2 rings (SSSR count). The fraction of sp³-hybridized carbons (Fsp3) is 0.500. The number of nitrogens with one attached hydrogen (secondary N) is 1. The average Bonchev–Trinajstić information content (AvgIpc) is 2.92. The number of aromatic nitrogens is 3. The maximum absolute atomic E-state index is 12.2. The van der Waals surface area contributed by atoms with Crippen LogP contribution in [0.5, 0.6) is 0 Å². The van der Waals surface area contributed by atoms with Crippen LogP contribution in [0, 0.1) is 18.3 Å². The SMILES string of the molecule is Cc1nn(CC(C)C)c(Cl)c1/C=c1/s/c(=C\C(=O)C(C)(C)C)[nH]c1=O. The van der Waals surface area contributed by atoms with E-state index in [0.29, 0.717) is 26.8 Å². The largest absolute Gasteiger partial charge is 0.313 e. The van der Waals surface area contributed by atoms with E-state index in [4.69, 9.17) is 11.6 Å². The number of H-pyrrole nitrogens is 1. The van der Waals surface area contributed by atoms with Gasteiger partial charge in [-0.1, -0.05) is 46.2 Å². The van der Waals surface area contributed by atoms with E-state index in [-0.39, 0.29) is 11.3 Å². The number of aromatic amines is 1. The Bertz CT molecular complexity index is 958. The van der Waals surface area contributed by atoms with Gasteiger partial charge < -0.3 is 4.98 Å². The number of ketones is 1. The summed E-state index contributed by atoms with van der Waals surface area (Å²) >= 11 is 7.67. The lowest BCUT2D eigenvalue weighted by Crippen LogP contribution is -2.22. The minimum atomic E-state index is -0.483. The molecule has 0 aliphatic rings. The fourth-order valence-electron chi connectivity index (χ4n) is 2.19. The van der Waals surface area contributed by atoms with E-state index in [1.165, 1.54) is 17.4 Å². The number of nitrogens with zero attached hydrogens (tertiary/aromatic N) is 2. The number of carbonyl (C=O) groups excluding carboxylic acids is 1. The van der Waals surface area contributed by atoms with Crippen molar-refractivity contribution in [2.24, 2.45) is 11.3 Å². The molecule has 2 aromatic heterocycles. The number of hydrogen-bond acceptors (Lipinski definition) is 4. The molecule has 0 saturated heterocycles. The van der Waals surface area contributed by atoms with Gasteiger partial charge in [0.2, 0.25) is 0 Å². The summed E-state index contributed by atoms with van der Waals surface area (Å²) in [5.41, 5.74) is 0.797. The van der Waals surface area contributed by atoms with Gasteiger partial charge >= 0.3 is 0 Å². The summed E-state index contributed by atoms with van der Waals surface area (Å²) in [6.07, 6.45) is 3.23. The molecule has 0 aromatic carbocycles. The number of carbonyl (C=O) groups is 1. The van der Waals surface area contributed by atoms with E-state index >= 15 is 0 Å². The van der Waals surface area contributed by atoms with E-state index in [1.54, 1.807) is 10.8 Å². The molecule has 0 radical (unpaired) electrons. The van der Waals surface area contributed by atoms with Crippen molar-refractivity contribution in [3.05, 3.63) is 36.0 Å². The zero-order valence-electron chi connectivity index (χ0n) is 15.4. The van der Waals surface area contributed by atoms with Gasteiger partial charge in [-0.2, -0.15) is 5.10 Å². The first-order valence-electron chi connectivity index (χ1n) is 8.19. The van der Waals surface area contributed by atoms with Gasteiger partial charge in [0.1, 0.15) is 5.15 Å². The Hall–Kier alpha value is -1.66. The summed E-state index contributed by atoms with van der Waals surface area (Å²) in [5.74, 6) is 0.384. The maximum Gasteiger partial charge on any atom is 0.266 e. The molecule has 0 saturated carbocycles. The van der Waals surface area contributed by atoms with Crippen molar-refractivity contribution >= 4 is 40.9 Å². The molecule has 5 nitrogen and oxygen atoms in total. The summed E-state index contributed by atoms with van der Waals surface area (Å²) in [7, 11) is 0. The predicted molar refractivity (Wildman–Crippen MR) is 103 cm³/mol. The van der Waals surface area contributed by atoms with Crippen LogP contribution in [0.25, 0.3) is 12.2 Å². The highest BCUT2D eigenvalue weighted by Gasteiger charge is 2.19. The molecule has 25 heavy (non-hydrogen) atoms. The molecule has 0 atom stereocenters. The van der Waals surface area contributed by atoms with E-state index in [9.17, 15) is 9.59 Å². The lowest BCUT2D eigenvalue weighted by molar-refractivity contribution is -0.119. The third-order valence-electron chi connectivity index (χ3n) is 3.60. The van der Waals surface area contributed by atoms with Crippen LogP contribution in [0.3, 0.4) is 0 Å². The minimum absolute atomic E-state index is 0.0319. The summed E-state index contributed by atoms with van der Waals surface area (Å²) in [5, 5.41) is 4.97. The van der Waals surface area contributed by atoms with Crippen molar-refractivity contribution in [2.45, 2.75) is 48.1 Å². The van der Waals surface area contributed by atoms with E-state index in [0.717, 1.165) is 11.3 Å². The molecule has 2 heterocycles. The van der Waals surface area contributed by atoms with Gasteiger partial charge in [-0.3, -0.25) is 14.3 Å². The van der Waals surface area contributed by atoms with Crippen molar-refractivity contribution in [1.82, 2.24) is 14.8 Å². The Kier molecular flexibility index (Phi) is 5.74. The smallest absolute Gasteiger partial charge is 0.266 e. The Morgan fingerprint density at radius 1 is 1.40 bits per heavy atom. The van der Waals surface area contributed by atoms with Crippen LogP contribution in [0.4, 0.5) is 0 Å². The van der Waals surface area contributed by atoms with Crippen molar-refractivity contribution < 1.29 is 4.79 Å². The molecule has 2 aromatic rings. The van der Waals surface area contributed by atoms with E-state index in [2.05, 4.69) is 23.9 Å². The molecule has 0 unspecified atom stereocenters. The quantitative estimate of drug-likeness (QED) is 0.884. The van der Waals surface area contributed by atoms with Gasteiger partial charge in [0.05, 0.1) is 14.9 Å². The highest BCUT2D eigenvalue weighted by Crippen LogP contribution is 2.21. The Balaban J connectivity index is 2.51. The van der Waals surface area contributed by atoms with Gasteiger partial charge in [0.15, 0.2) is 5.78 Å². The van der Waals surface area contributed by atoms with E-state index < -0.39 is 5.41 Å². The Labute approximate surface area is 156 Å². The van der Waals surface area contributed by atoms with Crippen LogP contribution >= 0.6 is 22.9 Å². The van der Waals surface area contributed by atoms with Gasteiger partial charge in [-0.15, -0.1) is 11.3 Å². The summed E-state index contributed by atoms with van der Waals surface area (Å²) in [6, 6.07) is 0. The zero-order valence-corrected chi connectivity index (χ0v) is 17.0. The van der Waals surface area contributed by atoms with Gasteiger partial charge in [-0.25, -0.2) is 0 Å². The highest BCUT2D eigenvalue weighted by molar-refractivity contribution is 7.07. The van der Waals surface area contributed by atoms with Crippen LogP contribution in [0.1, 0.15) is 45.9 Å². The van der Waals surface area contributed by atoms with E-state index in [1.807, 2.05) is 27.7 Å². The lowest BCUT2D eigenvalue weighted by Gasteiger charge is -2.12. The monoisotopic (exact) mass is 381 g/mol. The Morgan fingerprint density at radius 3 is 2.60 bits per heavy atom. The van der Waals surface area contributed by atoms with Crippen molar-refractivity contribution in [1.29, 1.82) is 0 Å². The summed E-state index contributed by atoms with van der Waals surface area (Å²) in [4.78, 5) is 27.0. The van der Waals surface area contributed by atoms with Crippen LogP contribution in [0.15, 0.2) is 4.79 Å². The van der Waals surface area contributed by atoms with Crippen molar-refractivity contribution in [2.75, 3.05) is 0 Å². The number of hydrogen-bond donors (Lipinski definition) is 1. The molecule has 7 heteroatoms.